The van der Waals surface area contributed by atoms with Crippen molar-refractivity contribution in [1.29, 1.82) is 0 Å². The van der Waals surface area contributed by atoms with Crippen LogP contribution in [-0.2, 0) is 0 Å². The molecule has 4 aromatic rings. The van der Waals surface area contributed by atoms with Gasteiger partial charge in [-0.1, -0.05) is 119 Å². The third-order valence-electron chi connectivity index (χ3n) is 6.31. The van der Waals surface area contributed by atoms with Crippen LogP contribution >= 0.6 is 0 Å². The molecule has 30 heavy (non-hydrogen) atoms. The van der Waals surface area contributed by atoms with Crippen molar-refractivity contribution in [2.75, 3.05) is 0 Å². The van der Waals surface area contributed by atoms with Crippen LogP contribution in [0.5, 0.6) is 0 Å². The quantitative estimate of drug-likeness (QED) is 0.442. The summed E-state index contributed by atoms with van der Waals surface area (Å²) in [5.74, 6) is 0. The Kier molecular flexibility index (Phi) is 7.60. The Morgan fingerprint density at radius 3 is 0.667 bits per heavy atom. The van der Waals surface area contributed by atoms with Crippen molar-refractivity contribution in [2.24, 2.45) is 0 Å². The normalized spacial score (nSPS) is 11.1. The van der Waals surface area contributed by atoms with Gasteiger partial charge in [0, 0.05) is 0 Å². The van der Waals surface area contributed by atoms with Gasteiger partial charge in [-0.3, -0.25) is 0 Å². The predicted molar refractivity (Wildman–Crippen MR) is 129 cm³/mol. The van der Waals surface area contributed by atoms with Crippen LogP contribution in [0.4, 0.5) is 0 Å². The number of hydrogen-bond acceptors (Lipinski definition) is 0. The summed E-state index contributed by atoms with van der Waals surface area (Å²) in [5, 5.41) is 0. The molecule has 2 heteroatoms. The number of rotatable bonds is 4. The Hall–Kier alpha value is -1.42. The maximum atomic E-state index is 2.31. The smallest absolute Gasteiger partial charge is 0.195 e. The molecule has 0 saturated carbocycles. The molecule has 4 aromatic carbocycles. The zero-order chi connectivity index (χ0) is 20.4. The minimum absolute atomic E-state index is 0. The molecule has 0 aliphatic carbocycles. The number of aryl methyl sites for hydroxylation is 4. The maximum absolute atomic E-state index is 2.31. The molecule has 0 fully saturated rings. The molecule has 0 N–H and O–H groups in total. The third kappa shape index (κ3) is 4.44. The number of benzene rings is 4. The molecule has 0 atom stereocenters. The van der Waals surface area contributed by atoms with E-state index in [1.807, 2.05) is 0 Å². The average Bonchev–Trinajstić information content (AvgIpc) is 2.73. The summed E-state index contributed by atoms with van der Waals surface area (Å²) in [6, 6.07) is 36.4. The van der Waals surface area contributed by atoms with Crippen LogP contribution < -0.4 is 73.2 Å². The fourth-order valence-corrected chi connectivity index (χ4v) is 4.58. The zero-order valence-electron chi connectivity index (χ0n) is 18.8. The maximum Gasteiger partial charge on any atom is 1.00 e. The first-order valence-electron chi connectivity index (χ1n) is 10.4. The van der Waals surface area contributed by atoms with E-state index in [4.69, 9.17) is 0 Å². The minimum Gasteiger partial charge on any atom is -0.195 e. The molecular weight excluding hydrogens is 386 g/mol. The largest absolute Gasteiger partial charge is 1.00 e. The zero-order valence-corrected chi connectivity index (χ0v) is 21.9. The van der Waals surface area contributed by atoms with Crippen LogP contribution in [-0.4, -0.2) is 6.15 Å². The fraction of sp³-hybridized carbons (Fsp3) is 0.143. The monoisotopic (exact) mass is 414 g/mol. The van der Waals surface area contributed by atoms with Crippen LogP contribution in [0.25, 0.3) is 0 Å². The van der Waals surface area contributed by atoms with Crippen molar-refractivity contribution in [3.8, 4) is 0 Å². The van der Waals surface area contributed by atoms with Crippen LogP contribution in [0, 0.1) is 27.7 Å². The van der Waals surface area contributed by atoms with Crippen molar-refractivity contribution in [3.05, 3.63) is 119 Å². The van der Waals surface area contributed by atoms with Crippen LogP contribution in [0.1, 0.15) is 22.3 Å². The first-order chi connectivity index (χ1) is 14.0. The van der Waals surface area contributed by atoms with Gasteiger partial charge in [-0.25, -0.2) is 0 Å². The summed E-state index contributed by atoms with van der Waals surface area (Å²) in [4.78, 5) is 0. The van der Waals surface area contributed by atoms with E-state index >= 15 is 0 Å². The van der Waals surface area contributed by atoms with Crippen LogP contribution in [0.15, 0.2) is 97.1 Å². The van der Waals surface area contributed by atoms with Crippen molar-refractivity contribution in [3.63, 3.8) is 0 Å². The van der Waals surface area contributed by atoms with Gasteiger partial charge in [0.05, 0.1) is 0 Å². The molecule has 0 aromatic heterocycles. The molecule has 0 heterocycles. The second kappa shape index (κ2) is 9.81. The summed E-state index contributed by atoms with van der Waals surface area (Å²) >= 11 is 0. The molecule has 4 rings (SSSR count). The Morgan fingerprint density at radius 1 is 0.333 bits per heavy atom. The first kappa shape index (κ1) is 23.2. The van der Waals surface area contributed by atoms with Crippen molar-refractivity contribution >= 4 is 28.0 Å². The van der Waals surface area contributed by atoms with Crippen molar-refractivity contribution in [1.82, 2.24) is 0 Å². The summed E-state index contributed by atoms with van der Waals surface area (Å²) in [6.45, 7) is 8.62. The molecule has 0 aliphatic heterocycles. The van der Waals surface area contributed by atoms with Crippen LogP contribution in [0.3, 0.4) is 0 Å². The van der Waals surface area contributed by atoms with E-state index < -0.39 is 6.15 Å². The Morgan fingerprint density at radius 2 is 0.500 bits per heavy atom. The summed E-state index contributed by atoms with van der Waals surface area (Å²) in [7, 11) is 0. The molecule has 0 spiro atoms. The van der Waals surface area contributed by atoms with Gasteiger partial charge in [0.15, 0.2) is 0 Å². The fourth-order valence-electron chi connectivity index (χ4n) is 4.58. The standard InChI is InChI=1S/C28H28B.K/c1-21-5-13-25(14-6-21)29(26-15-7-22(2)8-16-26,27-17-9-23(3)10-18-27)28-19-11-24(4)12-20-28;/h5-20H,1-4H3;/q-1;+1. The SMILES string of the molecule is Cc1ccc([B-](c2ccc(C)cc2)(c2ccc(C)cc2)c2ccc(C)cc2)cc1.[K+]. The van der Waals surface area contributed by atoms with Gasteiger partial charge in [-0.15, -0.1) is 0 Å². The molecule has 0 aliphatic rings. The first-order valence-corrected chi connectivity index (χ1v) is 10.4. The molecule has 0 radical (unpaired) electrons. The van der Waals surface area contributed by atoms with Crippen molar-refractivity contribution in [2.45, 2.75) is 27.7 Å². The second-order valence-electron chi connectivity index (χ2n) is 8.51. The predicted octanol–water partition coefficient (Wildman–Crippen LogP) is 1.30. The van der Waals surface area contributed by atoms with E-state index in [0.717, 1.165) is 0 Å². The molecule has 144 valence electrons. The molecule has 0 unspecified atom stereocenters. The third-order valence-corrected chi connectivity index (χ3v) is 6.31. The Labute approximate surface area is 224 Å². The summed E-state index contributed by atoms with van der Waals surface area (Å²) < 4.78 is 0. The van der Waals surface area contributed by atoms with Gasteiger partial charge < -0.3 is 0 Å². The van der Waals surface area contributed by atoms with Gasteiger partial charge in [0.2, 0.25) is 0 Å². The van der Waals surface area contributed by atoms with Gasteiger partial charge in [-0.05, 0) is 27.7 Å². The van der Waals surface area contributed by atoms with Gasteiger partial charge in [-0.2, -0.15) is 21.9 Å². The van der Waals surface area contributed by atoms with E-state index in [9.17, 15) is 0 Å². The minimum atomic E-state index is -1.27. The van der Waals surface area contributed by atoms with Gasteiger partial charge in [0.1, 0.15) is 6.15 Å². The van der Waals surface area contributed by atoms with E-state index in [2.05, 4.69) is 125 Å². The van der Waals surface area contributed by atoms with E-state index in [1.54, 1.807) is 0 Å². The molecule has 0 bridgehead atoms. The summed E-state index contributed by atoms with van der Waals surface area (Å²) in [6.07, 6.45) is -1.27. The van der Waals surface area contributed by atoms with Gasteiger partial charge in [0.25, 0.3) is 0 Å². The van der Waals surface area contributed by atoms with Crippen molar-refractivity contribution < 1.29 is 51.4 Å². The van der Waals surface area contributed by atoms with Gasteiger partial charge >= 0.3 is 51.4 Å². The average molecular weight is 414 g/mol. The van der Waals surface area contributed by atoms with E-state index in [0.29, 0.717) is 0 Å². The van der Waals surface area contributed by atoms with E-state index in [1.165, 1.54) is 44.1 Å². The number of hydrogen-bond donors (Lipinski definition) is 0. The summed E-state index contributed by atoms with van der Waals surface area (Å²) in [5.41, 5.74) is 10.6. The van der Waals surface area contributed by atoms with Crippen LogP contribution in [0.2, 0.25) is 0 Å². The second-order valence-corrected chi connectivity index (χ2v) is 8.51. The Balaban J connectivity index is 0.00000256. The topological polar surface area (TPSA) is 0 Å². The Bertz CT molecular complexity index is 906. The van der Waals surface area contributed by atoms with E-state index in [-0.39, 0.29) is 51.4 Å². The molecular formula is C28H28BK. The molecule has 0 saturated heterocycles. The molecule has 0 amide bonds. The molecule has 0 nitrogen and oxygen atoms in total.